The minimum absolute atomic E-state index is 0.0453. The smallest absolute Gasteiger partial charge is 0.250 e. The van der Waals surface area contributed by atoms with Crippen LogP contribution in [-0.2, 0) is 9.53 Å². The molecule has 36 heavy (non-hydrogen) atoms. The Hall–Kier alpha value is -3.43. The van der Waals surface area contributed by atoms with Crippen molar-refractivity contribution in [2.75, 3.05) is 31.0 Å². The molecule has 1 amide bonds. The van der Waals surface area contributed by atoms with Crippen molar-refractivity contribution in [2.24, 2.45) is 0 Å². The predicted molar refractivity (Wildman–Crippen MR) is 143 cm³/mol. The number of amides is 1. The number of hydrogen-bond acceptors (Lipinski definition) is 5. The van der Waals surface area contributed by atoms with Crippen LogP contribution in [0, 0.1) is 0 Å². The maximum absolute atomic E-state index is 12.3. The molecule has 2 atom stereocenters. The number of rotatable bonds is 8. The van der Waals surface area contributed by atoms with E-state index < -0.39 is 0 Å². The number of anilines is 2. The number of hydrogen-bond donors (Lipinski definition) is 2. The summed E-state index contributed by atoms with van der Waals surface area (Å²) in [5.41, 5.74) is 3.52. The fourth-order valence-corrected chi connectivity index (χ4v) is 5.71. The molecule has 1 aliphatic heterocycles. The molecule has 5 rings (SSSR count). The van der Waals surface area contributed by atoms with Crippen molar-refractivity contribution >= 4 is 34.6 Å². The average molecular weight is 506 g/mol. The number of aromatic nitrogens is 2. The molecule has 0 radical (unpaired) electrons. The maximum atomic E-state index is 12.3. The highest BCUT2D eigenvalue weighted by molar-refractivity contribution is 7.80. The molecule has 2 fully saturated rings. The molecule has 1 saturated heterocycles. The van der Waals surface area contributed by atoms with Gasteiger partial charge in [0.1, 0.15) is 18.4 Å². The Balaban J connectivity index is 1.59. The molecule has 9 heteroatoms. The molecule has 2 aromatic heterocycles. The standard InChI is InChI=1S/C27H31N5O3S/c1-34-17-24(33)29-21-16-19(12-13-23(21)35-2)32-26(22-11-7-15-31(22)18-8-3-4-9-18)25(30-27(32)36)20-10-5-6-14-28-20/h5-7,10-16,18,25-26H,3-4,8-9,17H2,1-2H3,(H,29,33)(H,30,36)/t25-,26-/m0/s1. The van der Waals surface area contributed by atoms with E-state index in [0.29, 0.717) is 22.6 Å². The van der Waals surface area contributed by atoms with Gasteiger partial charge in [-0.2, -0.15) is 0 Å². The number of ether oxygens (including phenoxy) is 2. The Labute approximate surface area is 216 Å². The fourth-order valence-electron chi connectivity index (χ4n) is 5.37. The van der Waals surface area contributed by atoms with Gasteiger partial charge in [0.2, 0.25) is 5.91 Å². The number of methoxy groups -OCH3 is 2. The largest absolute Gasteiger partial charge is 0.495 e. The highest BCUT2D eigenvalue weighted by Gasteiger charge is 2.42. The summed E-state index contributed by atoms with van der Waals surface area (Å²) in [5, 5.41) is 7.03. The highest BCUT2D eigenvalue weighted by Crippen LogP contribution is 2.45. The molecule has 1 aliphatic carbocycles. The van der Waals surface area contributed by atoms with Crippen LogP contribution in [0.1, 0.15) is 55.2 Å². The Morgan fingerprint density at radius 3 is 2.72 bits per heavy atom. The lowest BCUT2D eigenvalue weighted by Gasteiger charge is -2.31. The second-order valence-electron chi connectivity index (χ2n) is 9.14. The molecule has 2 N–H and O–H groups in total. The highest BCUT2D eigenvalue weighted by atomic mass is 32.1. The maximum Gasteiger partial charge on any atom is 0.250 e. The molecule has 2 aliphatic rings. The molecule has 0 bridgehead atoms. The van der Waals surface area contributed by atoms with Gasteiger partial charge in [-0.25, -0.2) is 0 Å². The normalized spacial score (nSPS) is 19.9. The van der Waals surface area contributed by atoms with Crippen LogP contribution in [0.15, 0.2) is 60.9 Å². The summed E-state index contributed by atoms with van der Waals surface area (Å²) >= 11 is 5.90. The van der Waals surface area contributed by atoms with E-state index in [1.807, 2.05) is 42.6 Å². The molecule has 1 aromatic carbocycles. The number of carbonyl (C=O) groups excluding carboxylic acids is 1. The fraction of sp³-hybridized carbons (Fsp3) is 0.370. The second kappa shape index (κ2) is 10.7. The van der Waals surface area contributed by atoms with Gasteiger partial charge in [-0.05, 0) is 67.5 Å². The third-order valence-corrected chi connectivity index (χ3v) is 7.26. The lowest BCUT2D eigenvalue weighted by atomic mass is 10.00. The summed E-state index contributed by atoms with van der Waals surface area (Å²) in [6.07, 6.45) is 8.86. The average Bonchev–Trinajstić information content (AvgIpc) is 3.64. The Kier molecular flexibility index (Phi) is 7.20. The van der Waals surface area contributed by atoms with Gasteiger partial charge >= 0.3 is 0 Å². The van der Waals surface area contributed by atoms with E-state index in [2.05, 4.69) is 43.4 Å². The third-order valence-electron chi connectivity index (χ3n) is 6.94. The Morgan fingerprint density at radius 1 is 1.17 bits per heavy atom. The quantitative estimate of drug-likeness (QED) is 0.427. The first-order valence-electron chi connectivity index (χ1n) is 12.2. The van der Waals surface area contributed by atoms with Gasteiger partial charge in [0, 0.05) is 36.9 Å². The molecular formula is C27H31N5O3S. The van der Waals surface area contributed by atoms with Crippen LogP contribution in [0.3, 0.4) is 0 Å². The van der Waals surface area contributed by atoms with Crippen LogP contribution >= 0.6 is 12.2 Å². The molecule has 0 unspecified atom stereocenters. The van der Waals surface area contributed by atoms with E-state index in [-0.39, 0.29) is 24.6 Å². The summed E-state index contributed by atoms with van der Waals surface area (Å²) in [6, 6.07) is 16.2. The van der Waals surface area contributed by atoms with E-state index in [9.17, 15) is 4.79 Å². The first-order chi connectivity index (χ1) is 17.6. The van der Waals surface area contributed by atoms with Crippen LogP contribution in [0.4, 0.5) is 11.4 Å². The number of pyridine rings is 1. The van der Waals surface area contributed by atoms with E-state index >= 15 is 0 Å². The molecule has 3 heterocycles. The molecule has 0 spiro atoms. The molecule has 188 valence electrons. The predicted octanol–water partition coefficient (Wildman–Crippen LogP) is 4.77. The van der Waals surface area contributed by atoms with Crippen LogP contribution in [0.2, 0.25) is 0 Å². The Morgan fingerprint density at radius 2 is 2.00 bits per heavy atom. The van der Waals surface area contributed by atoms with Gasteiger partial charge in [0.25, 0.3) is 0 Å². The molecule has 8 nitrogen and oxygen atoms in total. The van der Waals surface area contributed by atoms with Gasteiger partial charge in [0.15, 0.2) is 5.11 Å². The lowest BCUT2D eigenvalue weighted by Crippen LogP contribution is -2.31. The summed E-state index contributed by atoms with van der Waals surface area (Å²) in [6.45, 7) is -0.0453. The van der Waals surface area contributed by atoms with Crippen LogP contribution in [0.25, 0.3) is 0 Å². The van der Waals surface area contributed by atoms with Crippen molar-refractivity contribution in [3.63, 3.8) is 0 Å². The van der Waals surface area contributed by atoms with Gasteiger partial charge in [0.05, 0.1) is 24.5 Å². The summed E-state index contributed by atoms with van der Waals surface area (Å²) in [5.74, 6) is 0.307. The van der Waals surface area contributed by atoms with Crippen molar-refractivity contribution in [1.29, 1.82) is 0 Å². The topological polar surface area (TPSA) is 80.7 Å². The third kappa shape index (κ3) is 4.68. The number of nitrogens with one attached hydrogen (secondary N) is 2. The van der Waals surface area contributed by atoms with Crippen LogP contribution < -0.4 is 20.3 Å². The SMILES string of the molecule is COCC(=O)Nc1cc(N2C(=S)N[C@@H](c3ccccn3)[C@@H]2c2cccn2C2CCCC2)ccc1OC. The summed E-state index contributed by atoms with van der Waals surface area (Å²) in [4.78, 5) is 19.1. The minimum Gasteiger partial charge on any atom is -0.495 e. The summed E-state index contributed by atoms with van der Waals surface area (Å²) in [7, 11) is 3.07. The molecule has 3 aromatic rings. The summed E-state index contributed by atoms with van der Waals surface area (Å²) < 4.78 is 12.9. The first-order valence-corrected chi connectivity index (χ1v) is 12.7. The second-order valence-corrected chi connectivity index (χ2v) is 9.53. The van der Waals surface area contributed by atoms with E-state index in [1.54, 1.807) is 7.11 Å². The number of nitrogens with zero attached hydrogens (tertiary/aromatic N) is 3. The zero-order valence-corrected chi connectivity index (χ0v) is 21.3. The van der Waals surface area contributed by atoms with Gasteiger partial charge in [-0.1, -0.05) is 18.9 Å². The van der Waals surface area contributed by atoms with Crippen LogP contribution in [0.5, 0.6) is 5.75 Å². The zero-order chi connectivity index (χ0) is 25.1. The molecular weight excluding hydrogens is 474 g/mol. The van der Waals surface area contributed by atoms with E-state index in [4.69, 9.17) is 21.7 Å². The molecule has 1 saturated carbocycles. The van der Waals surface area contributed by atoms with Crippen molar-refractivity contribution in [3.05, 3.63) is 72.3 Å². The van der Waals surface area contributed by atoms with Gasteiger partial charge < -0.3 is 29.6 Å². The number of carbonyl (C=O) groups is 1. The zero-order valence-electron chi connectivity index (χ0n) is 20.5. The Bertz CT molecular complexity index is 1230. The van der Waals surface area contributed by atoms with Gasteiger partial charge in [-0.3, -0.25) is 9.78 Å². The van der Waals surface area contributed by atoms with Crippen molar-refractivity contribution in [3.8, 4) is 5.75 Å². The van der Waals surface area contributed by atoms with Gasteiger partial charge in [-0.15, -0.1) is 0 Å². The first kappa shape index (κ1) is 24.3. The van der Waals surface area contributed by atoms with Crippen molar-refractivity contribution in [1.82, 2.24) is 14.9 Å². The van der Waals surface area contributed by atoms with E-state index in [0.717, 1.165) is 11.4 Å². The monoisotopic (exact) mass is 505 g/mol. The number of benzene rings is 1. The minimum atomic E-state index is -0.256. The van der Waals surface area contributed by atoms with Crippen molar-refractivity contribution in [2.45, 2.75) is 43.8 Å². The lowest BCUT2D eigenvalue weighted by molar-refractivity contribution is -0.119. The number of thiocarbonyl (C=S) groups is 1. The van der Waals surface area contributed by atoms with E-state index in [1.165, 1.54) is 38.5 Å². The van der Waals surface area contributed by atoms with Crippen LogP contribution in [-0.4, -0.2) is 41.4 Å². The van der Waals surface area contributed by atoms with Crippen molar-refractivity contribution < 1.29 is 14.3 Å².